The van der Waals surface area contributed by atoms with Crippen LogP contribution < -0.4 is 5.32 Å². The molecular formula is C6H10N2O2S. The summed E-state index contributed by atoms with van der Waals surface area (Å²) >= 11 is 1.44. The number of aliphatic hydroxyl groups excluding tert-OH is 1. The van der Waals surface area contributed by atoms with Gasteiger partial charge < -0.3 is 15.2 Å². The summed E-state index contributed by atoms with van der Waals surface area (Å²) in [6, 6.07) is 0. The Labute approximate surface area is 68.8 Å². The van der Waals surface area contributed by atoms with E-state index in [4.69, 9.17) is 9.84 Å². The van der Waals surface area contributed by atoms with Gasteiger partial charge in [0.1, 0.15) is 6.23 Å². The highest BCUT2D eigenvalue weighted by molar-refractivity contribution is 7.13. The van der Waals surface area contributed by atoms with Crippen molar-refractivity contribution in [3.8, 4) is 0 Å². The van der Waals surface area contributed by atoms with Crippen LogP contribution >= 0.6 is 11.3 Å². The standard InChI is InChI=1S/C6H10N2O2S/c1-10-4-5(9)8-6-7-2-3-11-6/h2-3,5,9H,4H2,1H3,(H,7,8). The van der Waals surface area contributed by atoms with Gasteiger partial charge in [-0.1, -0.05) is 0 Å². The zero-order chi connectivity index (χ0) is 8.10. The SMILES string of the molecule is COCC(O)Nc1nccs1. The minimum atomic E-state index is -0.675. The number of thiazole rings is 1. The number of anilines is 1. The van der Waals surface area contributed by atoms with E-state index < -0.39 is 6.23 Å². The van der Waals surface area contributed by atoms with Crippen molar-refractivity contribution in [2.45, 2.75) is 6.23 Å². The fourth-order valence-corrected chi connectivity index (χ4v) is 1.21. The molecule has 0 amide bonds. The highest BCUT2D eigenvalue weighted by atomic mass is 32.1. The molecule has 0 aromatic carbocycles. The lowest BCUT2D eigenvalue weighted by molar-refractivity contribution is 0.0819. The van der Waals surface area contributed by atoms with Gasteiger partial charge in [-0.2, -0.15) is 0 Å². The van der Waals surface area contributed by atoms with Gasteiger partial charge in [-0.15, -0.1) is 11.3 Å². The third kappa shape index (κ3) is 2.83. The van der Waals surface area contributed by atoms with Gasteiger partial charge in [-0.25, -0.2) is 4.98 Å². The van der Waals surface area contributed by atoms with Gasteiger partial charge in [0.2, 0.25) is 0 Å². The van der Waals surface area contributed by atoms with E-state index in [1.807, 2.05) is 5.38 Å². The van der Waals surface area contributed by atoms with Crippen LogP contribution in [0.1, 0.15) is 0 Å². The third-order valence-corrected chi connectivity index (χ3v) is 1.75. The van der Waals surface area contributed by atoms with Gasteiger partial charge in [-0.05, 0) is 0 Å². The van der Waals surface area contributed by atoms with E-state index in [0.29, 0.717) is 5.13 Å². The Hall–Kier alpha value is -0.650. The van der Waals surface area contributed by atoms with E-state index >= 15 is 0 Å². The van der Waals surface area contributed by atoms with Crippen molar-refractivity contribution in [2.24, 2.45) is 0 Å². The van der Waals surface area contributed by atoms with Gasteiger partial charge in [0.05, 0.1) is 6.61 Å². The monoisotopic (exact) mass is 174 g/mol. The minimum Gasteiger partial charge on any atom is -0.380 e. The first-order valence-electron chi connectivity index (χ1n) is 3.16. The summed E-state index contributed by atoms with van der Waals surface area (Å²) in [5.74, 6) is 0. The first-order valence-corrected chi connectivity index (χ1v) is 4.04. The second kappa shape index (κ2) is 4.27. The van der Waals surface area contributed by atoms with Crippen molar-refractivity contribution < 1.29 is 9.84 Å². The molecule has 0 aliphatic rings. The van der Waals surface area contributed by atoms with Gasteiger partial charge in [0.25, 0.3) is 0 Å². The molecule has 5 heteroatoms. The van der Waals surface area contributed by atoms with Crippen LogP contribution in [0.5, 0.6) is 0 Å². The van der Waals surface area contributed by atoms with Crippen molar-refractivity contribution >= 4 is 16.5 Å². The maximum Gasteiger partial charge on any atom is 0.184 e. The lowest BCUT2D eigenvalue weighted by Gasteiger charge is -2.09. The zero-order valence-electron chi connectivity index (χ0n) is 6.15. The summed E-state index contributed by atoms with van der Waals surface area (Å²) in [4.78, 5) is 3.93. The molecule has 0 fully saturated rings. The predicted molar refractivity (Wildman–Crippen MR) is 43.6 cm³/mol. The van der Waals surface area contributed by atoms with Crippen LogP contribution in [0, 0.1) is 0 Å². The molecule has 11 heavy (non-hydrogen) atoms. The lowest BCUT2D eigenvalue weighted by atomic mass is 10.6. The van der Waals surface area contributed by atoms with E-state index in [-0.39, 0.29) is 6.61 Å². The van der Waals surface area contributed by atoms with E-state index in [2.05, 4.69) is 10.3 Å². The predicted octanol–water partition coefficient (Wildman–Crippen LogP) is 0.520. The number of ether oxygens (including phenoxy) is 1. The van der Waals surface area contributed by atoms with Crippen molar-refractivity contribution in [1.29, 1.82) is 0 Å². The number of nitrogens with zero attached hydrogens (tertiary/aromatic N) is 1. The molecule has 0 radical (unpaired) electrons. The highest BCUT2D eigenvalue weighted by Crippen LogP contribution is 2.10. The van der Waals surface area contributed by atoms with Gasteiger partial charge in [0, 0.05) is 18.7 Å². The van der Waals surface area contributed by atoms with Crippen molar-refractivity contribution in [1.82, 2.24) is 4.98 Å². The van der Waals surface area contributed by atoms with Gasteiger partial charge in [0.15, 0.2) is 5.13 Å². The summed E-state index contributed by atoms with van der Waals surface area (Å²) in [7, 11) is 1.53. The Bertz CT molecular complexity index is 190. The molecule has 0 saturated carbocycles. The van der Waals surface area contributed by atoms with Crippen LogP contribution in [-0.4, -0.2) is 30.0 Å². The summed E-state index contributed by atoms with van der Waals surface area (Å²) in [6.45, 7) is 0.263. The molecule has 0 spiro atoms. The highest BCUT2D eigenvalue weighted by Gasteiger charge is 2.02. The first kappa shape index (κ1) is 8.45. The molecule has 0 aliphatic heterocycles. The molecule has 4 nitrogen and oxygen atoms in total. The molecule has 1 aromatic heterocycles. The van der Waals surface area contributed by atoms with Crippen LogP contribution in [0.2, 0.25) is 0 Å². The van der Waals surface area contributed by atoms with E-state index in [1.165, 1.54) is 18.4 Å². The summed E-state index contributed by atoms with van der Waals surface area (Å²) in [5.41, 5.74) is 0. The lowest BCUT2D eigenvalue weighted by Crippen LogP contribution is -2.23. The number of hydrogen-bond donors (Lipinski definition) is 2. The van der Waals surface area contributed by atoms with E-state index in [9.17, 15) is 0 Å². The first-order chi connectivity index (χ1) is 5.33. The van der Waals surface area contributed by atoms with Gasteiger partial charge >= 0.3 is 0 Å². The van der Waals surface area contributed by atoms with Crippen LogP contribution in [-0.2, 0) is 4.74 Å². The topological polar surface area (TPSA) is 54.4 Å². The second-order valence-corrected chi connectivity index (χ2v) is 2.85. The normalized spacial score (nSPS) is 12.9. The Morgan fingerprint density at radius 3 is 3.27 bits per heavy atom. The quantitative estimate of drug-likeness (QED) is 0.653. The summed E-state index contributed by atoms with van der Waals surface area (Å²) in [5, 5.41) is 14.5. The van der Waals surface area contributed by atoms with E-state index in [1.54, 1.807) is 6.20 Å². The molecule has 1 aromatic rings. The molecule has 0 bridgehead atoms. The molecule has 0 saturated heterocycles. The largest absolute Gasteiger partial charge is 0.380 e. The number of aromatic nitrogens is 1. The minimum absolute atomic E-state index is 0.263. The number of methoxy groups -OCH3 is 1. The van der Waals surface area contributed by atoms with Crippen LogP contribution in [0.4, 0.5) is 5.13 Å². The average Bonchev–Trinajstić information content (AvgIpc) is 2.40. The summed E-state index contributed by atoms with van der Waals surface area (Å²) < 4.78 is 4.72. The van der Waals surface area contributed by atoms with Crippen LogP contribution in [0.3, 0.4) is 0 Å². The molecular weight excluding hydrogens is 164 g/mol. The van der Waals surface area contributed by atoms with Crippen molar-refractivity contribution in [3.63, 3.8) is 0 Å². The smallest absolute Gasteiger partial charge is 0.184 e. The van der Waals surface area contributed by atoms with Gasteiger partial charge in [-0.3, -0.25) is 0 Å². The Morgan fingerprint density at radius 2 is 2.73 bits per heavy atom. The molecule has 2 N–H and O–H groups in total. The molecule has 1 heterocycles. The number of hydrogen-bond acceptors (Lipinski definition) is 5. The van der Waals surface area contributed by atoms with Crippen molar-refractivity contribution in [2.75, 3.05) is 19.0 Å². The molecule has 62 valence electrons. The Balaban J connectivity index is 2.31. The molecule has 0 aliphatic carbocycles. The number of aliphatic hydroxyl groups is 1. The zero-order valence-corrected chi connectivity index (χ0v) is 6.97. The average molecular weight is 174 g/mol. The Morgan fingerprint density at radius 1 is 1.91 bits per heavy atom. The number of rotatable bonds is 4. The molecule has 1 unspecified atom stereocenters. The van der Waals surface area contributed by atoms with E-state index in [0.717, 1.165) is 0 Å². The second-order valence-electron chi connectivity index (χ2n) is 1.95. The van der Waals surface area contributed by atoms with Crippen LogP contribution in [0.25, 0.3) is 0 Å². The number of nitrogens with one attached hydrogen (secondary N) is 1. The fourth-order valence-electron chi connectivity index (χ4n) is 0.637. The Kier molecular flexibility index (Phi) is 3.28. The maximum atomic E-state index is 9.15. The molecule has 1 rings (SSSR count). The maximum absolute atomic E-state index is 9.15. The van der Waals surface area contributed by atoms with Crippen LogP contribution in [0.15, 0.2) is 11.6 Å². The third-order valence-electron chi connectivity index (χ3n) is 1.05. The summed E-state index contributed by atoms with van der Waals surface area (Å²) in [6.07, 6.45) is 0.998. The fraction of sp³-hybridized carbons (Fsp3) is 0.500. The van der Waals surface area contributed by atoms with Crippen molar-refractivity contribution in [3.05, 3.63) is 11.6 Å². The molecule has 1 atom stereocenters.